The van der Waals surface area contributed by atoms with Crippen LogP contribution in [0.2, 0.25) is 0 Å². The van der Waals surface area contributed by atoms with Crippen molar-refractivity contribution in [2.24, 2.45) is 11.1 Å². The summed E-state index contributed by atoms with van der Waals surface area (Å²) in [7, 11) is 0. The molecule has 82 valence electrons. The standard InChI is InChI=1S/C11H22N2S/c12-10-11(2-1-3-11)4-5-13-6-8-14-9-7-13/h1-10,12H2. The summed E-state index contributed by atoms with van der Waals surface area (Å²) in [4.78, 5) is 2.62. The molecule has 1 aliphatic heterocycles. The fourth-order valence-corrected chi connectivity index (χ4v) is 3.43. The molecule has 0 bridgehead atoms. The van der Waals surface area contributed by atoms with Crippen LogP contribution in [0.4, 0.5) is 0 Å². The Morgan fingerprint density at radius 3 is 2.43 bits per heavy atom. The SMILES string of the molecule is NCC1(CCN2CCSCC2)CCC1. The maximum Gasteiger partial charge on any atom is 0.00727 e. The zero-order chi connectivity index (χ0) is 9.86. The fourth-order valence-electron chi connectivity index (χ4n) is 2.45. The van der Waals surface area contributed by atoms with Crippen LogP contribution in [-0.2, 0) is 0 Å². The van der Waals surface area contributed by atoms with Crippen molar-refractivity contribution in [2.75, 3.05) is 37.7 Å². The Morgan fingerprint density at radius 2 is 1.93 bits per heavy atom. The highest BCUT2D eigenvalue weighted by Crippen LogP contribution is 2.42. The third-order valence-electron chi connectivity index (χ3n) is 3.91. The Balaban J connectivity index is 1.69. The third-order valence-corrected chi connectivity index (χ3v) is 4.85. The van der Waals surface area contributed by atoms with Gasteiger partial charge in [-0.1, -0.05) is 6.42 Å². The first-order valence-electron chi connectivity index (χ1n) is 5.85. The van der Waals surface area contributed by atoms with Crippen LogP contribution in [0.25, 0.3) is 0 Å². The van der Waals surface area contributed by atoms with E-state index in [-0.39, 0.29) is 0 Å². The van der Waals surface area contributed by atoms with Crippen LogP contribution >= 0.6 is 11.8 Å². The highest BCUT2D eigenvalue weighted by molar-refractivity contribution is 7.99. The molecule has 0 atom stereocenters. The second-order valence-corrected chi connectivity index (χ2v) is 5.99. The van der Waals surface area contributed by atoms with Crippen molar-refractivity contribution in [3.05, 3.63) is 0 Å². The molecule has 0 aromatic carbocycles. The van der Waals surface area contributed by atoms with Gasteiger partial charge in [0.05, 0.1) is 0 Å². The summed E-state index contributed by atoms with van der Waals surface area (Å²) in [6, 6.07) is 0. The Kier molecular flexibility index (Phi) is 3.74. The largest absolute Gasteiger partial charge is 0.330 e. The molecular formula is C11H22N2S. The highest BCUT2D eigenvalue weighted by atomic mass is 32.2. The summed E-state index contributed by atoms with van der Waals surface area (Å²) < 4.78 is 0. The first-order valence-corrected chi connectivity index (χ1v) is 7.00. The molecule has 1 aliphatic carbocycles. The van der Waals surface area contributed by atoms with E-state index in [2.05, 4.69) is 16.7 Å². The molecule has 0 radical (unpaired) electrons. The van der Waals surface area contributed by atoms with E-state index in [9.17, 15) is 0 Å². The summed E-state index contributed by atoms with van der Waals surface area (Å²) in [5.41, 5.74) is 6.41. The van der Waals surface area contributed by atoms with E-state index >= 15 is 0 Å². The third kappa shape index (κ3) is 2.44. The summed E-state index contributed by atoms with van der Waals surface area (Å²) in [6.07, 6.45) is 5.51. The lowest BCUT2D eigenvalue weighted by Crippen LogP contribution is -2.42. The van der Waals surface area contributed by atoms with Gasteiger partial charge in [0.25, 0.3) is 0 Å². The molecular weight excluding hydrogens is 192 g/mol. The molecule has 0 spiro atoms. The highest BCUT2D eigenvalue weighted by Gasteiger charge is 2.35. The lowest BCUT2D eigenvalue weighted by atomic mass is 9.66. The van der Waals surface area contributed by atoms with Crippen molar-refractivity contribution in [3.8, 4) is 0 Å². The average molecular weight is 214 g/mol. The molecule has 2 N–H and O–H groups in total. The van der Waals surface area contributed by atoms with Gasteiger partial charge in [-0.2, -0.15) is 11.8 Å². The molecule has 14 heavy (non-hydrogen) atoms. The van der Waals surface area contributed by atoms with Crippen LogP contribution in [-0.4, -0.2) is 42.6 Å². The van der Waals surface area contributed by atoms with Crippen molar-refractivity contribution < 1.29 is 0 Å². The van der Waals surface area contributed by atoms with Crippen LogP contribution in [0.1, 0.15) is 25.7 Å². The van der Waals surface area contributed by atoms with E-state index in [1.165, 1.54) is 56.8 Å². The van der Waals surface area contributed by atoms with Gasteiger partial charge in [0.1, 0.15) is 0 Å². The molecule has 0 unspecified atom stereocenters. The van der Waals surface area contributed by atoms with E-state index in [1.807, 2.05) is 0 Å². The normalized spacial score (nSPS) is 27.2. The van der Waals surface area contributed by atoms with Crippen molar-refractivity contribution in [1.82, 2.24) is 4.90 Å². The molecule has 2 aliphatic rings. The van der Waals surface area contributed by atoms with Gasteiger partial charge >= 0.3 is 0 Å². The van der Waals surface area contributed by atoms with Crippen LogP contribution in [0.15, 0.2) is 0 Å². The Labute approximate surface area is 91.6 Å². The van der Waals surface area contributed by atoms with Crippen LogP contribution in [0.3, 0.4) is 0 Å². The fraction of sp³-hybridized carbons (Fsp3) is 1.00. The van der Waals surface area contributed by atoms with Gasteiger partial charge in [-0.25, -0.2) is 0 Å². The van der Waals surface area contributed by atoms with Gasteiger partial charge in [0, 0.05) is 24.6 Å². The summed E-state index contributed by atoms with van der Waals surface area (Å²) >= 11 is 2.09. The molecule has 1 heterocycles. The number of nitrogens with zero attached hydrogens (tertiary/aromatic N) is 1. The molecule has 0 aromatic rings. The lowest BCUT2D eigenvalue weighted by Gasteiger charge is -2.42. The van der Waals surface area contributed by atoms with E-state index in [4.69, 9.17) is 5.73 Å². The quantitative estimate of drug-likeness (QED) is 0.770. The van der Waals surface area contributed by atoms with Crippen LogP contribution in [0.5, 0.6) is 0 Å². The van der Waals surface area contributed by atoms with Crippen molar-refractivity contribution in [3.63, 3.8) is 0 Å². The Morgan fingerprint density at radius 1 is 1.21 bits per heavy atom. The minimum Gasteiger partial charge on any atom is -0.330 e. The summed E-state index contributed by atoms with van der Waals surface area (Å²) in [5, 5.41) is 0. The van der Waals surface area contributed by atoms with Crippen molar-refractivity contribution in [1.29, 1.82) is 0 Å². The molecule has 1 saturated heterocycles. The van der Waals surface area contributed by atoms with Gasteiger partial charge in [0.15, 0.2) is 0 Å². The average Bonchev–Trinajstić information content (AvgIpc) is 2.19. The molecule has 2 fully saturated rings. The van der Waals surface area contributed by atoms with Crippen molar-refractivity contribution in [2.45, 2.75) is 25.7 Å². The minimum atomic E-state index is 0.546. The molecule has 0 aromatic heterocycles. The van der Waals surface area contributed by atoms with Crippen LogP contribution in [0, 0.1) is 5.41 Å². The minimum absolute atomic E-state index is 0.546. The van der Waals surface area contributed by atoms with Gasteiger partial charge in [-0.15, -0.1) is 0 Å². The predicted molar refractivity (Wildman–Crippen MR) is 63.7 cm³/mol. The second kappa shape index (κ2) is 4.86. The maximum atomic E-state index is 5.86. The number of hydrogen-bond donors (Lipinski definition) is 1. The van der Waals surface area contributed by atoms with Crippen molar-refractivity contribution >= 4 is 11.8 Å². The van der Waals surface area contributed by atoms with E-state index in [0.717, 1.165) is 6.54 Å². The smallest absolute Gasteiger partial charge is 0.00727 e. The zero-order valence-corrected chi connectivity index (χ0v) is 9.82. The predicted octanol–water partition coefficient (Wildman–Crippen LogP) is 1.55. The molecule has 0 amide bonds. The second-order valence-electron chi connectivity index (χ2n) is 4.76. The molecule has 2 nitrogen and oxygen atoms in total. The number of rotatable bonds is 4. The maximum absolute atomic E-state index is 5.86. The number of hydrogen-bond acceptors (Lipinski definition) is 3. The molecule has 1 saturated carbocycles. The van der Waals surface area contributed by atoms with E-state index in [1.54, 1.807) is 0 Å². The topological polar surface area (TPSA) is 29.3 Å². The number of nitrogens with two attached hydrogens (primary N) is 1. The Hall–Kier alpha value is 0.270. The molecule has 3 heteroatoms. The van der Waals surface area contributed by atoms with Gasteiger partial charge in [0.2, 0.25) is 0 Å². The summed E-state index contributed by atoms with van der Waals surface area (Å²) in [5.74, 6) is 2.66. The summed E-state index contributed by atoms with van der Waals surface area (Å²) in [6.45, 7) is 4.80. The van der Waals surface area contributed by atoms with Crippen LogP contribution < -0.4 is 5.73 Å². The Bertz CT molecular complexity index is 169. The lowest BCUT2D eigenvalue weighted by molar-refractivity contribution is 0.108. The van der Waals surface area contributed by atoms with Gasteiger partial charge in [-0.3, -0.25) is 0 Å². The molecule has 2 rings (SSSR count). The first-order chi connectivity index (χ1) is 6.85. The monoisotopic (exact) mass is 214 g/mol. The van der Waals surface area contributed by atoms with E-state index in [0.29, 0.717) is 5.41 Å². The zero-order valence-electron chi connectivity index (χ0n) is 9.00. The van der Waals surface area contributed by atoms with E-state index < -0.39 is 0 Å². The van der Waals surface area contributed by atoms with Gasteiger partial charge < -0.3 is 10.6 Å². The first kappa shape index (κ1) is 10.8. The number of thioether (sulfide) groups is 1. The van der Waals surface area contributed by atoms with Gasteiger partial charge in [-0.05, 0) is 37.8 Å².